The van der Waals surface area contributed by atoms with E-state index in [1.54, 1.807) is 148 Å². The number of aromatic nitrogens is 6. The fourth-order valence-corrected chi connectivity index (χ4v) is 16.2. The normalized spacial score (nSPS) is 10.5. The van der Waals surface area contributed by atoms with Crippen molar-refractivity contribution in [3.8, 4) is 48.8 Å². The number of carbonyl (C=O) groups is 7. The Balaban J connectivity index is 0.000000205. The molecule has 0 bridgehead atoms. The molecule has 11 aromatic rings. The summed E-state index contributed by atoms with van der Waals surface area (Å²) >= 11 is 54.9. The van der Waals surface area contributed by atoms with Gasteiger partial charge in [-0.05, 0) is 185 Å². The molecule has 8 heterocycles. The topological polar surface area (TPSA) is 210 Å². The zero-order valence-electron chi connectivity index (χ0n) is 55.1. The summed E-state index contributed by atoms with van der Waals surface area (Å²) in [5, 5.41) is 22.5. The van der Waals surface area contributed by atoms with Crippen LogP contribution in [0, 0.1) is 19.8 Å². The first kappa shape index (κ1) is 84.3. The van der Waals surface area contributed by atoms with Crippen molar-refractivity contribution < 1.29 is 71.4 Å². The van der Waals surface area contributed by atoms with Crippen LogP contribution in [0.25, 0.3) is 48.8 Å². The van der Waals surface area contributed by atoms with Gasteiger partial charge in [0.1, 0.15) is 0 Å². The van der Waals surface area contributed by atoms with E-state index in [2.05, 4.69) is 67.8 Å². The first-order valence-corrected chi connectivity index (χ1v) is 39.1. The second kappa shape index (κ2) is 40.6. The molecule has 0 fully saturated rings. The summed E-state index contributed by atoms with van der Waals surface area (Å²) < 4.78 is 26.9. The quantitative estimate of drug-likeness (QED) is 0.0102. The van der Waals surface area contributed by atoms with E-state index in [9.17, 15) is 33.6 Å². The third-order valence-corrected chi connectivity index (χ3v) is 21.6. The number of benzene rings is 3. The van der Waals surface area contributed by atoms with Crippen LogP contribution in [0.15, 0.2) is 139 Å². The number of alkyl halides is 1. The number of ketones is 3. The summed E-state index contributed by atoms with van der Waals surface area (Å²) in [5.41, 5.74) is 7.36. The molecule has 8 aromatic heterocycles. The molecule has 0 aliphatic carbocycles. The maximum absolute atomic E-state index is 12.4. The van der Waals surface area contributed by atoms with Gasteiger partial charge in [-0.25, -0.2) is 39.8 Å². The molecular formula is C69H58Br3Cl6LiN6O11S5. The van der Waals surface area contributed by atoms with Crippen LogP contribution >= 0.6 is 174 Å². The number of rotatable bonds is 20. The number of halogens is 9. The van der Waals surface area contributed by atoms with Crippen LogP contribution < -0.4 is 18.9 Å². The Labute approximate surface area is 669 Å². The van der Waals surface area contributed by atoms with Gasteiger partial charge in [-0.2, -0.15) is 15.3 Å². The van der Waals surface area contributed by atoms with Gasteiger partial charge in [0.25, 0.3) is 5.97 Å². The van der Waals surface area contributed by atoms with Gasteiger partial charge in [0, 0.05) is 43.5 Å². The number of Topliss-reactive ketones (excluding diaryl/α,β-unsaturated/α-hetero) is 3. The van der Waals surface area contributed by atoms with Crippen molar-refractivity contribution >= 4 is 215 Å². The molecule has 32 heteroatoms. The van der Waals surface area contributed by atoms with E-state index in [-0.39, 0.29) is 67.5 Å². The van der Waals surface area contributed by atoms with E-state index in [1.165, 1.54) is 29.6 Å². The number of hydrogen-bond acceptors (Lipinski definition) is 19. The second-order valence-corrected chi connectivity index (χ2v) is 30.9. The summed E-state index contributed by atoms with van der Waals surface area (Å²) in [7, 11) is 0. The molecule has 0 radical (unpaired) electrons. The predicted octanol–water partition coefficient (Wildman–Crippen LogP) is 19.3. The number of nitrogens with zero attached hydrogens (tertiary/aromatic N) is 6. The molecule has 0 N–H and O–H groups in total. The van der Waals surface area contributed by atoms with Crippen molar-refractivity contribution in [2.75, 3.05) is 26.4 Å². The standard InChI is InChI=1S/C17H12Br2Cl2N2O2S.C17H13BrCl2N2O2S.C17H14Cl2N2O2S.C11H11O4S.C7H8OS.Li/c1-2-25-17(24)15-10(8-18)16(13-5-6-14(19)26-13)23(22-15)12-4-3-9(20)7-11(12)21;1-3-24-17(23)15-9(2)16(13-6-7-14(18)25-13)22(21-15)12-5-4-10(19)8-11(12)20;1-3-23-17(22)15-10(2)16(14-5-4-8-24-14)21(20-15)13-7-6-11(18)9-12(13)19;1-3-15-11(14)10(13)7(2)9(12)8-5-4-6-16-8;1-2-6(8)7-4-3-5-9-7;/h3-7H,2,8H2,1H3;4-8H,3H2,1-2H3;4-9H,3H2,1-2H3;4-6H,3H2,1-2H3;3-5H,2H2,1H3;/q;;;-1;;+1. The molecule has 0 aliphatic heterocycles. The average Bonchev–Trinajstić information content (AvgIpc) is 1.64. The van der Waals surface area contributed by atoms with Crippen LogP contribution in [0.2, 0.25) is 30.1 Å². The first-order chi connectivity index (χ1) is 47.8. The largest absolute Gasteiger partial charge is 1.00 e. The molecular weight excluding hydrogens is 1710 g/mol. The molecule has 0 atom stereocenters. The summed E-state index contributed by atoms with van der Waals surface area (Å²) in [6.07, 6.45) is 0.612. The second-order valence-electron chi connectivity index (χ2n) is 20.1. The Morgan fingerprint density at radius 3 is 1.24 bits per heavy atom. The maximum atomic E-state index is 12.4. The van der Waals surface area contributed by atoms with E-state index >= 15 is 0 Å². The third-order valence-electron chi connectivity index (χ3n) is 13.6. The predicted molar refractivity (Wildman–Crippen MR) is 414 cm³/mol. The van der Waals surface area contributed by atoms with Gasteiger partial charge in [-0.15, -0.1) is 45.3 Å². The smallest absolute Gasteiger partial charge is 0.517 e. The van der Waals surface area contributed by atoms with Gasteiger partial charge >= 0.3 is 36.8 Å². The number of carbonyl (C=O) groups excluding carboxylic acids is 7. The van der Waals surface area contributed by atoms with Crippen molar-refractivity contribution in [1.29, 1.82) is 0 Å². The average molecular weight is 1770 g/mol. The Hall–Kier alpha value is -5.67. The molecule has 0 aliphatic rings. The van der Waals surface area contributed by atoms with Gasteiger partial charge in [-0.3, -0.25) is 4.79 Å². The SMILES string of the molecule is CCC(=O)c1cccs1.CCOC(=O)C(=O)[C-](C)C(=O)c1cccs1.CCOC(=O)c1nn(-c2ccc(Cl)cc2Cl)c(-c2ccc(Br)s2)c1C.CCOC(=O)c1nn(-c2ccc(Cl)cc2Cl)c(-c2ccc(Br)s2)c1CBr.CCOC(=O)c1nn(-c2ccc(Cl)cc2Cl)c(-c2cccs2)c1C.[Li+]. The van der Waals surface area contributed by atoms with Crippen LogP contribution in [-0.4, -0.2) is 97.0 Å². The van der Waals surface area contributed by atoms with Crippen LogP contribution in [0.1, 0.15) is 115 Å². The maximum Gasteiger partial charge on any atom is 1.00 e. The van der Waals surface area contributed by atoms with E-state index < -0.39 is 35.4 Å². The Kier molecular flexibility index (Phi) is 33.8. The van der Waals surface area contributed by atoms with Crippen molar-refractivity contribution in [3.63, 3.8) is 0 Å². The molecule has 3 aromatic carbocycles. The van der Waals surface area contributed by atoms with Crippen molar-refractivity contribution in [1.82, 2.24) is 29.3 Å². The van der Waals surface area contributed by atoms with Crippen molar-refractivity contribution in [2.45, 2.75) is 67.1 Å². The molecule has 17 nitrogen and oxygen atoms in total. The monoisotopic (exact) mass is 1760 g/mol. The number of ether oxygens (including phenoxy) is 4. The Bertz CT molecular complexity index is 4690. The van der Waals surface area contributed by atoms with E-state index in [1.807, 2.05) is 80.1 Å². The van der Waals surface area contributed by atoms with E-state index in [4.69, 9.17) is 83.8 Å². The van der Waals surface area contributed by atoms with Gasteiger partial charge < -0.3 is 33.3 Å². The molecule has 101 heavy (non-hydrogen) atoms. The van der Waals surface area contributed by atoms with Gasteiger partial charge in [0.15, 0.2) is 28.6 Å². The molecule has 0 unspecified atom stereocenters. The van der Waals surface area contributed by atoms with E-state index in [0.717, 1.165) is 60.9 Å². The fraction of sp³-hybridized carbons (Fsp3) is 0.203. The van der Waals surface area contributed by atoms with Crippen LogP contribution in [0.3, 0.4) is 0 Å². The molecule has 0 saturated heterocycles. The van der Waals surface area contributed by atoms with E-state index in [0.29, 0.717) is 70.4 Å². The zero-order valence-corrected chi connectivity index (χ0v) is 68.4. The molecule has 524 valence electrons. The van der Waals surface area contributed by atoms with Crippen molar-refractivity contribution in [3.05, 3.63) is 219 Å². The molecule has 0 spiro atoms. The summed E-state index contributed by atoms with van der Waals surface area (Å²) in [6.45, 7) is 14.8. The Morgan fingerprint density at radius 1 is 0.485 bits per heavy atom. The number of esters is 4. The van der Waals surface area contributed by atoms with Gasteiger partial charge in [-0.1, -0.05) is 130 Å². The van der Waals surface area contributed by atoms with Gasteiger partial charge in [0.2, 0.25) is 0 Å². The minimum absolute atomic E-state index is 0. The minimum Gasteiger partial charge on any atom is -0.517 e. The molecule has 0 amide bonds. The minimum atomic E-state index is -0.982. The summed E-state index contributed by atoms with van der Waals surface area (Å²) in [6, 6.07) is 34.3. The van der Waals surface area contributed by atoms with Crippen LogP contribution in [0.4, 0.5) is 0 Å². The fourth-order valence-electron chi connectivity index (χ4n) is 8.99. The van der Waals surface area contributed by atoms with Gasteiger partial charge in [0.05, 0.1) is 109 Å². The van der Waals surface area contributed by atoms with Crippen LogP contribution in [0.5, 0.6) is 0 Å². The third kappa shape index (κ3) is 21.7. The summed E-state index contributed by atoms with van der Waals surface area (Å²) in [5.74, 6) is -3.52. The van der Waals surface area contributed by atoms with Crippen LogP contribution in [-0.2, 0) is 33.9 Å². The molecule has 0 saturated carbocycles. The zero-order chi connectivity index (χ0) is 73.1. The number of hydrogen-bond donors (Lipinski definition) is 0. The Morgan fingerprint density at radius 2 is 0.871 bits per heavy atom. The van der Waals surface area contributed by atoms with Crippen molar-refractivity contribution in [2.24, 2.45) is 0 Å². The molecule has 11 rings (SSSR count). The summed E-state index contributed by atoms with van der Waals surface area (Å²) in [4.78, 5) is 86.3. The first-order valence-electron chi connectivity index (χ1n) is 29.8. The number of thiophene rings is 5.